The van der Waals surface area contributed by atoms with Gasteiger partial charge in [0, 0.05) is 18.6 Å². The molecule has 0 saturated heterocycles. The zero-order chi connectivity index (χ0) is 14.5. The fraction of sp³-hybridized carbons (Fsp3) is 0.533. The maximum absolute atomic E-state index is 10.8. The average Bonchev–Trinajstić information content (AvgIpc) is 2.46. The van der Waals surface area contributed by atoms with Crippen LogP contribution in [0.15, 0.2) is 24.3 Å². The highest BCUT2D eigenvalue weighted by molar-refractivity contribution is 5.66. The van der Waals surface area contributed by atoms with E-state index < -0.39 is 5.97 Å². The number of nitrogens with zero attached hydrogens (tertiary/aromatic N) is 1. The third-order valence-electron chi connectivity index (χ3n) is 4.17. The summed E-state index contributed by atoms with van der Waals surface area (Å²) in [6.07, 6.45) is 5.00. The van der Waals surface area contributed by atoms with Gasteiger partial charge < -0.3 is 5.11 Å². The third kappa shape index (κ3) is 3.79. The molecule has 0 heterocycles. The average molecular weight is 277 g/mol. The number of nitro groups is 1. The maximum Gasteiger partial charge on any atom is 0.303 e. The molecule has 108 valence electrons. The van der Waals surface area contributed by atoms with Crippen molar-refractivity contribution in [2.24, 2.45) is 5.92 Å². The van der Waals surface area contributed by atoms with Crippen LogP contribution in [-0.2, 0) is 4.79 Å². The Morgan fingerprint density at radius 3 is 2.60 bits per heavy atom. The Kier molecular flexibility index (Phi) is 4.71. The van der Waals surface area contributed by atoms with Gasteiger partial charge in [0.2, 0.25) is 0 Å². The molecule has 0 aromatic heterocycles. The number of aliphatic carboxylic acids is 1. The van der Waals surface area contributed by atoms with E-state index in [-0.39, 0.29) is 17.0 Å². The molecular weight excluding hydrogens is 258 g/mol. The third-order valence-corrected chi connectivity index (χ3v) is 4.17. The molecule has 5 heteroatoms. The van der Waals surface area contributed by atoms with Crippen molar-refractivity contribution in [2.75, 3.05) is 0 Å². The molecule has 1 N–H and O–H groups in total. The number of hydrogen-bond donors (Lipinski definition) is 1. The van der Waals surface area contributed by atoms with Gasteiger partial charge in [-0.1, -0.05) is 12.1 Å². The lowest BCUT2D eigenvalue weighted by atomic mass is 9.77. The van der Waals surface area contributed by atoms with Crippen LogP contribution < -0.4 is 0 Å². The second-order valence-corrected chi connectivity index (χ2v) is 5.50. The van der Waals surface area contributed by atoms with Gasteiger partial charge in [-0.15, -0.1) is 0 Å². The van der Waals surface area contributed by atoms with E-state index in [9.17, 15) is 14.9 Å². The number of non-ortho nitro benzene ring substituents is 1. The first-order chi connectivity index (χ1) is 9.56. The number of rotatable bonds is 5. The molecule has 0 aliphatic heterocycles. The van der Waals surface area contributed by atoms with Crippen LogP contribution in [-0.4, -0.2) is 16.0 Å². The molecule has 0 amide bonds. The summed E-state index contributed by atoms with van der Waals surface area (Å²) in [5.41, 5.74) is 1.19. The maximum atomic E-state index is 10.8. The smallest absolute Gasteiger partial charge is 0.303 e. The van der Waals surface area contributed by atoms with Crippen LogP contribution >= 0.6 is 0 Å². The first-order valence-electron chi connectivity index (χ1n) is 7.02. The summed E-state index contributed by atoms with van der Waals surface area (Å²) in [6.45, 7) is 0. The van der Waals surface area contributed by atoms with Crippen molar-refractivity contribution in [3.8, 4) is 0 Å². The Hall–Kier alpha value is -1.91. The van der Waals surface area contributed by atoms with Gasteiger partial charge in [0.25, 0.3) is 5.69 Å². The fourth-order valence-corrected chi connectivity index (χ4v) is 3.00. The molecule has 1 aromatic rings. The van der Waals surface area contributed by atoms with Crippen molar-refractivity contribution in [1.29, 1.82) is 0 Å². The van der Waals surface area contributed by atoms with Crippen molar-refractivity contribution in [1.82, 2.24) is 0 Å². The largest absolute Gasteiger partial charge is 0.481 e. The van der Waals surface area contributed by atoms with E-state index in [1.54, 1.807) is 12.1 Å². The Labute approximate surface area is 117 Å². The summed E-state index contributed by atoms with van der Waals surface area (Å²) in [5.74, 6) is 0.128. The molecule has 0 bridgehead atoms. The van der Waals surface area contributed by atoms with E-state index in [0.29, 0.717) is 11.8 Å². The van der Waals surface area contributed by atoms with Crippen LogP contribution in [0, 0.1) is 16.0 Å². The highest BCUT2D eigenvalue weighted by Crippen LogP contribution is 2.38. The van der Waals surface area contributed by atoms with Crippen molar-refractivity contribution < 1.29 is 14.8 Å². The molecule has 1 aromatic carbocycles. The van der Waals surface area contributed by atoms with E-state index in [4.69, 9.17) is 5.11 Å². The number of hydrogen-bond acceptors (Lipinski definition) is 3. The lowest BCUT2D eigenvalue weighted by Crippen LogP contribution is -2.14. The lowest BCUT2D eigenvalue weighted by Gasteiger charge is -2.28. The van der Waals surface area contributed by atoms with Gasteiger partial charge in [0.1, 0.15) is 0 Å². The number of carbonyl (C=O) groups is 1. The van der Waals surface area contributed by atoms with Crippen LogP contribution in [0.25, 0.3) is 0 Å². The molecule has 1 aliphatic rings. The summed E-state index contributed by atoms with van der Waals surface area (Å²) in [6, 6.07) is 6.88. The highest BCUT2D eigenvalue weighted by atomic mass is 16.6. The minimum atomic E-state index is -0.731. The summed E-state index contributed by atoms with van der Waals surface area (Å²) in [4.78, 5) is 21.0. The number of benzene rings is 1. The summed E-state index contributed by atoms with van der Waals surface area (Å²) in [7, 11) is 0. The molecule has 2 rings (SSSR count). The molecule has 0 unspecified atom stereocenters. The van der Waals surface area contributed by atoms with Crippen molar-refractivity contribution in [2.45, 2.75) is 44.4 Å². The topological polar surface area (TPSA) is 80.4 Å². The number of nitro benzene ring substituents is 1. The molecule has 1 fully saturated rings. The Morgan fingerprint density at radius 2 is 2.00 bits per heavy atom. The van der Waals surface area contributed by atoms with Crippen LogP contribution in [0.5, 0.6) is 0 Å². The molecular formula is C15H19NO4. The second kappa shape index (κ2) is 6.50. The van der Waals surface area contributed by atoms with Crippen LogP contribution in [0.4, 0.5) is 5.69 Å². The highest BCUT2D eigenvalue weighted by Gasteiger charge is 2.23. The quantitative estimate of drug-likeness (QED) is 0.656. The first kappa shape index (κ1) is 14.5. The molecule has 0 atom stereocenters. The van der Waals surface area contributed by atoms with Crippen LogP contribution in [0.2, 0.25) is 0 Å². The van der Waals surface area contributed by atoms with Crippen molar-refractivity contribution >= 4 is 11.7 Å². The SMILES string of the molecule is O=C(O)CCC1CCC(c2cccc([N+](=O)[O-])c2)CC1. The van der Waals surface area contributed by atoms with E-state index >= 15 is 0 Å². The van der Waals surface area contributed by atoms with Gasteiger partial charge in [-0.2, -0.15) is 0 Å². The van der Waals surface area contributed by atoms with Gasteiger partial charge in [-0.05, 0) is 49.5 Å². The van der Waals surface area contributed by atoms with E-state index in [1.165, 1.54) is 6.07 Å². The normalized spacial score (nSPS) is 22.4. The Morgan fingerprint density at radius 1 is 1.30 bits per heavy atom. The van der Waals surface area contributed by atoms with Gasteiger partial charge in [0.05, 0.1) is 4.92 Å². The predicted molar refractivity (Wildman–Crippen MR) is 74.7 cm³/mol. The minimum absolute atomic E-state index is 0.149. The number of carboxylic acids is 1. The molecule has 5 nitrogen and oxygen atoms in total. The van der Waals surface area contributed by atoms with E-state index in [2.05, 4.69) is 0 Å². The fourth-order valence-electron chi connectivity index (χ4n) is 3.00. The van der Waals surface area contributed by atoms with Gasteiger partial charge in [-0.25, -0.2) is 0 Å². The predicted octanol–water partition coefficient (Wildman–Crippen LogP) is 3.73. The zero-order valence-corrected chi connectivity index (χ0v) is 11.3. The van der Waals surface area contributed by atoms with Crippen LogP contribution in [0.3, 0.4) is 0 Å². The summed E-state index contributed by atoms with van der Waals surface area (Å²) in [5, 5.41) is 19.5. The molecule has 0 radical (unpaired) electrons. The van der Waals surface area contributed by atoms with Crippen molar-refractivity contribution in [3.05, 3.63) is 39.9 Å². The van der Waals surface area contributed by atoms with Gasteiger partial charge >= 0.3 is 5.97 Å². The first-order valence-corrected chi connectivity index (χ1v) is 7.02. The molecule has 1 saturated carbocycles. The van der Waals surface area contributed by atoms with E-state index in [1.807, 2.05) is 6.07 Å². The number of carboxylic acid groups (broad SMARTS) is 1. The van der Waals surface area contributed by atoms with Crippen LogP contribution in [0.1, 0.15) is 50.0 Å². The monoisotopic (exact) mass is 277 g/mol. The molecule has 0 spiro atoms. The van der Waals surface area contributed by atoms with E-state index in [0.717, 1.165) is 37.7 Å². The van der Waals surface area contributed by atoms with Gasteiger partial charge in [-0.3, -0.25) is 14.9 Å². The second-order valence-electron chi connectivity index (χ2n) is 5.50. The summed E-state index contributed by atoms with van der Waals surface area (Å²) < 4.78 is 0. The molecule has 1 aliphatic carbocycles. The minimum Gasteiger partial charge on any atom is -0.481 e. The Bertz CT molecular complexity index is 492. The zero-order valence-electron chi connectivity index (χ0n) is 11.3. The van der Waals surface area contributed by atoms with Crippen molar-refractivity contribution in [3.63, 3.8) is 0 Å². The lowest BCUT2D eigenvalue weighted by molar-refractivity contribution is -0.384. The summed E-state index contributed by atoms with van der Waals surface area (Å²) >= 11 is 0. The standard InChI is InChI=1S/C15H19NO4/c17-15(18)9-6-11-4-7-12(8-5-11)13-2-1-3-14(10-13)16(19)20/h1-3,10-12H,4-9H2,(H,17,18). The Balaban J connectivity index is 1.92. The molecule has 20 heavy (non-hydrogen) atoms. The van der Waals surface area contributed by atoms with Gasteiger partial charge in [0.15, 0.2) is 0 Å².